The number of nitrogens with zero attached hydrogens (tertiary/aromatic N) is 2. The molecule has 2 atom stereocenters. The first-order valence-electron chi connectivity index (χ1n) is 8.08. The Bertz CT molecular complexity index is 841. The van der Waals surface area contributed by atoms with Crippen LogP contribution in [0.5, 0.6) is 0 Å². The lowest BCUT2D eigenvalue weighted by molar-refractivity contribution is 0.0434. The zero-order chi connectivity index (χ0) is 16.7. The van der Waals surface area contributed by atoms with Gasteiger partial charge in [0.25, 0.3) is 0 Å². The highest BCUT2D eigenvalue weighted by Gasteiger charge is 2.48. The quantitative estimate of drug-likeness (QED) is 0.853. The van der Waals surface area contributed by atoms with Gasteiger partial charge in [-0.3, -0.25) is 4.90 Å². The molecule has 0 spiro atoms. The van der Waals surface area contributed by atoms with Crippen molar-refractivity contribution in [3.05, 3.63) is 66.0 Å². The predicted molar refractivity (Wildman–Crippen MR) is 89.3 cm³/mol. The lowest BCUT2D eigenvalue weighted by Crippen LogP contribution is -2.54. The Hall–Kier alpha value is -1.76. The number of sulfonamides is 1. The van der Waals surface area contributed by atoms with Crippen molar-refractivity contribution >= 4 is 10.0 Å². The van der Waals surface area contributed by atoms with E-state index in [1.54, 1.807) is 40.7 Å². The standard InChI is InChI=1S/C18H19FN2O2S/c19-16-6-4-5-14(9-16)10-20-11-15-12-21(13-18(15)20)24(22,23)17-7-2-1-3-8-17/h1-9,15,18H,10-13H2. The average molecular weight is 346 g/mol. The molecule has 4 rings (SSSR count). The highest BCUT2D eigenvalue weighted by Crippen LogP contribution is 2.36. The summed E-state index contributed by atoms with van der Waals surface area (Å²) in [7, 11) is -3.42. The van der Waals surface area contributed by atoms with Gasteiger partial charge in [0.15, 0.2) is 0 Å². The predicted octanol–water partition coefficient (Wildman–Crippen LogP) is 2.33. The highest BCUT2D eigenvalue weighted by molar-refractivity contribution is 7.89. The molecule has 0 radical (unpaired) electrons. The van der Waals surface area contributed by atoms with Gasteiger partial charge in [0, 0.05) is 38.1 Å². The van der Waals surface area contributed by atoms with Gasteiger partial charge in [0.05, 0.1) is 4.90 Å². The van der Waals surface area contributed by atoms with Crippen molar-refractivity contribution in [2.75, 3.05) is 19.6 Å². The van der Waals surface area contributed by atoms with E-state index < -0.39 is 10.0 Å². The molecular weight excluding hydrogens is 327 g/mol. The Morgan fingerprint density at radius 2 is 1.79 bits per heavy atom. The van der Waals surface area contributed by atoms with E-state index in [4.69, 9.17) is 0 Å². The Morgan fingerprint density at radius 3 is 2.54 bits per heavy atom. The monoisotopic (exact) mass is 346 g/mol. The molecule has 126 valence electrons. The van der Waals surface area contributed by atoms with Crippen LogP contribution in [0.1, 0.15) is 5.56 Å². The summed E-state index contributed by atoms with van der Waals surface area (Å²) in [5.41, 5.74) is 0.929. The van der Waals surface area contributed by atoms with E-state index in [0.717, 1.165) is 12.1 Å². The molecule has 2 aliphatic heterocycles. The van der Waals surface area contributed by atoms with Gasteiger partial charge in [-0.05, 0) is 29.8 Å². The van der Waals surface area contributed by atoms with E-state index in [-0.39, 0.29) is 11.9 Å². The number of likely N-dealkylation sites (tertiary alicyclic amines) is 1. The third kappa shape index (κ3) is 2.75. The largest absolute Gasteiger partial charge is 0.294 e. The molecule has 2 fully saturated rings. The van der Waals surface area contributed by atoms with E-state index in [2.05, 4.69) is 4.90 Å². The Labute approximate surface area is 141 Å². The van der Waals surface area contributed by atoms with Gasteiger partial charge < -0.3 is 0 Å². The van der Waals surface area contributed by atoms with Crippen molar-refractivity contribution in [3.8, 4) is 0 Å². The van der Waals surface area contributed by atoms with Gasteiger partial charge >= 0.3 is 0 Å². The minimum absolute atomic E-state index is 0.228. The van der Waals surface area contributed by atoms with Crippen molar-refractivity contribution in [3.63, 3.8) is 0 Å². The molecule has 0 amide bonds. The van der Waals surface area contributed by atoms with Gasteiger partial charge in [-0.25, -0.2) is 12.8 Å². The summed E-state index contributed by atoms with van der Waals surface area (Å²) in [5.74, 6) is 0.140. The maximum Gasteiger partial charge on any atom is 0.243 e. The lowest BCUT2D eigenvalue weighted by Gasteiger charge is -2.43. The van der Waals surface area contributed by atoms with Crippen LogP contribution in [0.15, 0.2) is 59.5 Å². The van der Waals surface area contributed by atoms with Crippen LogP contribution < -0.4 is 0 Å². The molecule has 2 aromatic rings. The van der Waals surface area contributed by atoms with Crippen LogP contribution in [0, 0.1) is 11.7 Å². The maximum atomic E-state index is 13.3. The van der Waals surface area contributed by atoms with Crippen LogP contribution >= 0.6 is 0 Å². The second-order valence-electron chi connectivity index (χ2n) is 6.52. The molecule has 2 aromatic carbocycles. The van der Waals surface area contributed by atoms with E-state index in [1.165, 1.54) is 6.07 Å². The molecule has 0 N–H and O–H groups in total. The van der Waals surface area contributed by atoms with E-state index in [0.29, 0.717) is 30.4 Å². The summed E-state index contributed by atoms with van der Waals surface area (Å²) in [6.45, 7) is 2.61. The molecule has 0 saturated carbocycles. The number of hydrogen-bond acceptors (Lipinski definition) is 3. The Kier molecular flexibility index (Phi) is 3.90. The minimum Gasteiger partial charge on any atom is -0.294 e. The summed E-state index contributed by atoms with van der Waals surface area (Å²) in [5, 5.41) is 0. The summed E-state index contributed by atoms with van der Waals surface area (Å²) in [4.78, 5) is 2.59. The molecule has 2 heterocycles. The van der Waals surface area contributed by atoms with Crippen LogP contribution in [0.2, 0.25) is 0 Å². The van der Waals surface area contributed by atoms with Crippen molar-refractivity contribution < 1.29 is 12.8 Å². The lowest BCUT2D eigenvalue weighted by atomic mass is 9.91. The third-order valence-electron chi connectivity index (χ3n) is 4.97. The molecule has 6 heteroatoms. The molecule has 2 aliphatic rings. The first kappa shape index (κ1) is 15.7. The van der Waals surface area contributed by atoms with Gasteiger partial charge in [0.2, 0.25) is 10.0 Å². The molecule has 24 heavy (non-hydrogen) atoms. The number of benzene rings is 2. The van der Waals surface area contributed by atoms with Crippen LogP contribution in [0.25, 0.3) is 0 Å². The number of fused-ring (bicyclic) bond motifs is 1. The fourth-order valence-corrected chi connectivity index (χ4v) is 5.23. The van der Waals surface area contributed by atoms with Gasteiger partial charge in [-0.1, -0.05) is 30.3 Å². The van der Waals surface area contributed by atoms with Crippen molar-refractivity contribution in [1.82, 2.24) is 9.21 Å². The summed E-state index contributed by atoms with van der Waals surface area (Å²) >= 11 is 0. The molecular formula is C18H19FN2O2S. The Balaban J connectivity index is 1.46. The SMILES string of the molecule is O=S(=O)(c1ccccc1)N1CC2CN(Cc3cccc(F)c3)C2C1. The van der Waals surface area contributed by atoms with Gasteiger partial charge in [-0.15, -0.1) is 0 Å². The van der Waals surface area contributed by atoms with E-state index in [9.17, 15) is 12.8 Å². The number of rotatable bonds is 4. The fourth-order valence-electron chi connectivity index (χ4n) is 3.70. The molecule has 4 nitrogen and oxygen atoms in total. The fraction of sp³-hybridized carbons (Fsp3) is 0.333. The van der Waals surface area contributed by atoms with Crippen LogP contribution in [-0.4, -0.2) is 43.3 Å². The van der Waals surface area contributed by atoms with E-state index >= 15 is 0 Å². The average Bonchev–Trinajstić information content (AvgIpc) is 2.91. The number of hydrogen-bond donors (Lipinski definition) is 0. The van der Waals surface area contributed by atoms with Crippen molar-refractivity contribution in [1.29, 1.82) is 0 Å². The summed E-state index contributed by atoms with van der Waals surface area (Å²) in [6.07, 6.45) is 0. The third-order valence-corrected chi connectivity index (χ3v) is 6.81. The zero-order valence-electron chi connectivity index (χ0n) is 13.2. The first-order chi connectivity index (χ1) is 11.5. The topological polar surface area (TPSA) is 40.6 Å². The second-order valence-corrected chi connectivity index (χ2v) is 8.46. The first-order valence-corrected chi connectivity index (χ1v) is 9.52. The molecule has 0 aromatic heterocycles. The Morgan fingerprint density at radius 1 is 1.00 bits per heavy atom. The summed E-state index contributed by atoms with van der Waals surface area (Å²) < 4.78 is 40.3. The normalized spacial score (nSPS) is 24.5. The zero-order valence-corrected chi connectivity index (χ0v) is 14.0. The van der Waals surface area contributed by atoms with E-state index in [1.807, 2.05) is 12.1 Å². The molecule has 0 bridgehead atoms. The van der Waals surface area contributed by atoms with Crippen molar-refractivity contribution in [2.24, 2.45) is 5.92 Å². The van der Waals surface area contributed by atoms with Gasteiger partial charge in [0.1, 0.15) is 5.82 Å². The molecule has 2 saturated heterocycles. The molecule has 2 unspecified atom stereocenters. The summed E-state index contributed by atoms with van der Waals surface area (Å²) in [6, 6.07) is 15.4. The highest BCUT2D eigenvalue weighted by atomic mass is 32.2. The van der Waals surface area contributed by atoms with Crippen LogP contribution in [-0.2, 0) is 16.6 Å². The maximum absolute atomic E-state index is 13.3. The molecule has 0 aliphatic carbocycles. The van der Waals surface area contributed by atoms with Gasteiger partial charge in [-0.2, -0.15) is 4.31 Å². The van der Waals surface area contributed by atoms with Crippen molar-refractivity contribution in [2.45, 2.75) is 17.5 Å². The van der Waals surface area contributed by atoms with Crippen LogP contribution in [0.4, 0.5) is 4.39 Å². The van der Waals surface area contributed by atoms with Crippen LogP contribution in [0.3, 0.4) is 0 Å². The smallest absolute Gasteiger partial charge is 0.243 e. The second kappa shape index (κ2) is 5.95. The number of halogens is 1. The minimum atomic E-state index is -3.42.